The molecule has 0 aliphatic carbocycles. The molecule has 3 heterocycles. The van der Waals surface area contributed by atoms with Crippen LogP contribution in [0.1, 0.15) is 36.7 Å². The first-order valence-corrected chi connectivity index (χ1v) is 9.34. The van der Waals surface area contributed by atoms with Crippen LogP contribution in [0.15, 0.2) is 53.7 Å². The quantitative estimate of drug-likeness (QED) is 0.841. The minimum absolute atomic E-state index is 0.0523. The van der Waals surface area contributed by atoms with Gasteiger partial charge < -0.3 is 9.64 Å². The zero-order valence-electron chi connectivity index (χ0n) is 13.9. The van der Waals surface area contributed by atoms with E-state index in [1.54, 1.807) is 7.11 Å². The van der Waals surface area contributed by atoms with Gasteiger partial charge in [0.1, 0.15) is 11.8 Å². The standard InChI is InChI=1S/C19H21N3OS/c1-3-14-12-24-19-21-17(16-6-4-5-11-20-16)18(22(14)19)13-7-9-15(23-2)10-8-13/h4-11,14,17-18H,3,12H2,1-2H3/t14-,17+,18+/m1/s1. The number of aliphatic imine (C=N–C) groups is 1. The van der Waals surface area contributed by atoms with Crippen molar-refractivity contribution in [3.05, 3.63) is 59.9 Å². The minimum Gasteiger partial charge on any atom is -0.497 e. The number of benzene rings is 1. The van der Waals surface area contributed by atoms with E-state index in [1.807, 2.05) is 42.2 Å². The molecule has 1 fully saturated rings. The fourth-order valence-electron chi connectivity index (χ4n) is 3.51. The predicted molar refractivity (Wildman–Crippen MR) is 98.5 cm³/mol. The van der Waals surface area contributed by atoms with Gasteiger partial charge in [-0.15, -0.1) is 0 Å². The van der Waals surface area contributed by atoms with Crippen LogP contribution in [-0.4, -0.2) is 34.0 Å². The van der Waals surface area contributed by atoms with Gasteiger partial charge in [-0.25, -0.2) is 0 Å². The Morgan fingerprint density at radius 2 is 2.04 bits per heavy atom. The number of fused-ring (bicyclic) bond motifs is 1. The van der Waals surface area contributed by atoms with Gasteiger partial charge in [0.15, 0.2) is 5.17 Å². The molecule has 124 valence electrons. The van der Waals surface area contributed by atoms with Crippen LogP contribution in [0.2, 0.25) is 0 Å². The van der Waals surface area contributed by atoms with Crippen LogP contribution in [0, 0.1) is 0 Å². The summed E-state index contributed by atoms with van der Waals surface area (Å²) in [7, 11) is 1.70. The summed E-state index contributed by atoms with van der Waals surface area (Å²) >= 11 is 1.87. The van der Waals surface area contributed by atoms with Crippen LogP contribution in [-0.2, 0) is 0 Å². The second-order valence-electron chi connectivity index (χ2n) is 6.11. The Labute approximate surface area is 147 Å². The normalized spacial score (nSPS) is 25.5. The lowest BCUT2D eigenvalue weighted by Gasteiger charge is -2.32. The molecule has 0 bridgehead atoms. The Kier molecular flexibility index (Phi) is 4.19. The number of pyridine rings is 1. The van der Waals surface area contributed by atoms with Crippen molar-refractivity contribution in [2.75, 3.05) is 12.9 Å². The van der Waals surface area contributed by atoms with E-state index in [1.165, 1.54) is 10.7 Å². The first-order valence-electron chi connectivity index (χ1n) is 8.35. The van der Waals surface area contributed by atoms with Gasteiger partial charge in [-0.2, -0.15) is 0 Å². The molecule has 0 amide bonds. The number of thioether (sulfide) groups is 1. The summed E-state index contributed by atoms with van der Waals surface area (Å²) in [6, 6.07) is 15.3. The van der Waals surface area contributed by atoms with Crippen LogP contribution in [0.4, 0.5) is 0 Å². The van der Waals surface area contributed by atoms with Crippen LogP contribution >= 0.6 is 11.8 Å². The molecule has 4 rings (SSSR count). The zero-order chi connectivity index (χ0) is 16.5. The highest BCUT2D eigenvalue weighted by Gasteiger charge is 2.45. The SMILES string of the molecule is CC[C@@H]1CSC2=N[C@@H](c3ccccn3)[C@H](c3ccc(OC)cc3)N21. The van der Waals surface area contributed by atoms with Crippen molar-refractivity contribution >= 4 is 16.9 Å². The van der Waals surface area contributed by atoms with Crippen LogP contribution in [0.25, 0.3) is 0 Å². The molecule has 3 atom stereocenters. The molecule has 1 aromatic carbocycles. The Bertz CT molecular complexity index is 732. The van der Waals surface area contributed by atoms with E-state index in [4.69, 9.17) is 9.73 Å². The summed E-state index contributed by atoms with van der Waals surface area (Å²) in [5.41, 5.74) is 2.31. The minimum atomic E-state index is 0.0523. The molecule has 2 aliphatic heterocycles. The Morgan fingerprint density at radius 3 is 2.71 bits per heavy atom. The van der Waals surface area contributed by atoms with Gasteiger partial charge in [-0.05, 0) is 36.2 Å². The maximum absolute atomic E-state index is 5.31. The number of ether oxygens (including phenoxy) is 1. The van der Waals surface area contributed by atoms with Crippen molar-refractivity contribution < 1.29 is 4.74 Å². The predicted octanol–water partition coefficient (Wildman–Crippen LogP) is 4.07. The lowest BCUT2D eigenvalue weighted by molar-refractivity contribution is 0.255. The van der Waals surface area contributed by atoms with Gasteiger partial charge in [-0.1, -0.05) is 36.9 Å². The molecule has 2 aliphatic rings. The average Bonchev–Trinajstić information content (AvgIpc) is 3.21. The number of rotatable bonds is 4. The lowest BCUT2D eigenvalue weighted by atomic mass is 9.95. The van der Waals surface area contributed by atoms with Gasteiger partial charge in [0.05, 0.1) is 18.8 Å². The van der Waals surface area contributed by atoms with Crippen LogP contribution in [0.3, 0.4) is 0 Å². The third kappa shape index (κ3) is 2.57. The highest BCUT2D eigenvalue weighted by atomic mass is 32.2. The van der Waals surface area contributed by atoms with Crippen molar-refractivity contribution in [2.24, 2.45) is 4.99 Å². The number of nitrogens with zero attached hydrogens (tertiary/aromatic N) is 3. The second-order valence-corrected chi connectivity index (χ2v) is 7.10. The summed E-state index contributed by atoms with van der Waals surface area (Å²) in [6.45, 7) is 2.26. The third-order valence-electron chi connectivity index (χ3n) is 4.79. The maximum atomic E-state index is 5.31. The molecule has 0 saturated carbocycles. The molecule has 0 N–H and O–H groups in total. The average molecular weight is 339 g/mol. The molecule has 4 nitrogen and oxygen atoms in total. The highest BCUT2D eigenvalue weighted by Crippen LogP contribution is 2.48. The van der Waals surface area contributed by atoms with Crippen molar-refractivity contribution in [3.63, 3.8) is 0 Å². The van der Waals surface area contributed by atoms with E-state index in [-0.39, 0.29) is 12.1 Å². The second kappa shape index (κ2) is 6.48. The topological polar surface area (TPSA) is 37.7 Å². The first-order chi connectivity index (χ1) is 11.8. The van der Waals surface area contributed by atoms with Gasteiger partial charge in [0, 0.05) is 18.0 Å². The summed E-state index contributed by atoms with van der Waals surface area (Å²) in [5, 5.41) is 1.17. The van der Waals surface area contributed by atoms with E-state index in [0.717, 1.165) is 23.6 Å². The molecule has 0 spiro atoms. The Morgan fingerprint density at radius 1 is 1.21 bits per heavy atom. The monoisotopic (exact) mass is 339 g/mol. The molecule has 0 unspecified atom stereocenters. The molecule has 0 radical (unpaired) electrons. The summed E-state index contributed by atoms with van der Waals surface area (Å²) in [5.74, 6) is 2.01. The lowest BCUT2D eigenvalue weighted by Crippen LogP contribution is -2.35. The number of hydrogen-bond donors (Lipinski definition) is 0. The third-order valence-corrected chi connectivity index (χ3v) is 5.91. The fraction of sp³-hybridized carbons (Fsp3) is 0.368. The first kappa shape index (κ1) is 15.5. The van der Waals surface area contributed by atoms with Crippen LogP contribution < -0.4 is 4.74 Å². The molecular formula is C19H21N3OS. The van der Waals surface area contributed by atoms with E-state index in [2.05, 4.69) is 35.0 Å². The fourth-order valence-corrected chi connectivity index (χ4v) is 4.85. The molecule has 2 aromatic rings. The number of aromatic nitrogens is 1. The molecule has 24 heavy (non-hydrogen) atoms. The smallest absolute Gasteiger partial charge is 0.160 e. The van der Waals surface area contributed by atoms with Gasteiger partial charge in [0.25, 0.3) is 0 Å². The van der Waals surface area contributed by atoms with E-state index >= 15 is 0 Å². The number of methoxy groups -OCH3 is 1. The maximum Gasteiger partial charge on any atom is 0.160 e. The zero-order valence-corrected chi connectivity index (χ0v) is 14.7. The molecule has 1 aromatic heterocycles. The number of amidine groups is 1. The summed E-state index contributed by atoms with van der Waals surface area (Å²) in [6.07, 6.45) is 2.99. The van der Waals surface area contributed by atoms with Gasteiger partial charge in [0.2, 0.25) is 0 Å². The summed E-state index contributed by atoms with van der Waals surface area (Å²) in [4.78, 5) is 12.1. The summed E-state index contributed by atoms with van der Waals surface area (Å²) < 4.78 is 5.31. The van der Waals surface area contributed by atoms with Gasteiger partial charge in [-0.3, -0.25) is 9.98 Å². The van der Waals surface area contributed by atoms with Crippen molar-refractivity contribution in [3.8, 4) is 5.75 Å². The number of hydrogen-bond acceptors (Lipinski definition) is 5. The molecular weight excluding hydrogens is 318 g/mol. The van der Waals surface area contributed by atoms with E-state index in [9.17, 15) is 0 Å². The molecule has 1 saturated heterocycles. The largest absolute Gasteiger partial charge is 0.497 e. The van der Waals surface area contributed by atoms with Crippen LogP contribution in [0.5, 0.6) is 5.75 Å². The van der Waals surface area contributed by atoms with E-state index < -0.39 is 0 Å². The van der Waals surface area contributed by atoms with Crippen molar-refractivity contribution in [2.45, 2.75) is 31.5 Å². The van der Waals surface area contributed by atoms with Crippen molar-refractivity contribution in [1.82, 2.24) is 9.88 Å². The Hall–Kier alpha value is -2.01. The van der Waals surface area contributed by atoms with E-state index in [0.29, 0.717) is 6.04 Å². The molecule has 5 heteroatoms. The Balaban J connectivity index is 1.76. The van der Waals surface area contributed by atoms with Gasteiger partial charge >= 0.3 is 0 Å². The van der Waals surface area contributed by atoms with Crippen molar-refractivity contribution in [1.29, 1.82) is 0 Å². The highest BCUT2D eigenvalue weighted by molar-refractivity contribution is 8.14.